The summed E-state index contributed by atoms with van der Waals surface area (Å²) in [6.07, 6.45) is 0. The normalized spacial score (nSPS) is 8.92. The highest BCUT2D eigenvalue weighted by Crippen LogP contribution is 2.13. The number of rotatable bonds is 2. The van der Waals surface area contributed by atoms with E-state index in [1.54, 1.807) is 7.11 Å². The molecule has 0 bridgehead atoms. The number of halogens is 2. The molecular weight excluding hydrogens is 197 g/mol. The van der Waals surface area contributed by atoms with Crippen molar-refractivity contribution in [3.8, 4) is 5.88 Å². The molecule has 0 saturated heterocycles. The van der Waals surface area contributed by atoms with Crippen molar-refractivity contribution in [1.29, 1.82) is 0 Å². The predicted molar refractivity (Wildman–Crippen MR) is 52.3 cm³/mol. The van der Waals surface area contributed by atoms with Crippen LogP contribution in [0.3, 0.4) is 0 Å². The fourth-order valence-electron chi connectivity index (χ4n) is 0.889. The number of pyridine rings is 1. The highest BCUT2D eigenvalue weighted by Gasteiger charge is 1.97. The Morgan fingerprint density at radius 1 is 1.50 bits per heavy atom. The molecule has 0 saturated carbocycles. The van der Waals surface area contributed by atoms with Crippen molar-refractivity contribution < 1.29 is 4.74 Å². The second kappa shape index (κ2) is 5.22. The van der Waals surface area contributed by atoms with Gasteiger partial charge in [-0.05, 0) is 18.6 Å². The first-order valence-corrected chi connectivity index (χ1v) is 3.87. The zero-order chi connectivity index (χ0) is 8.27. The molecule has 1 aromatic rings. The van der Waals surface area contributed by atoms with Crippen LogP contribution in [0.5, 0.6) is 5.88 Å². The zero-order valence-electron chi connectivity index (χ0n) is 7.00. The minimum absolute atomic E-state index is 0. The van der Waals surface area contributed by atoms with Crippen molar-refractivity contribution in [1.82, 2.24) is 4.98 Å². The fraction of sp³-hybridized carbons (Fsp3) is 0.375. The molecule has 0 aliphatic heterocycles. The van der Waals surface area contributed by atoms with E-state index in [-0.39, 0.29) is 12.4 Å². The number of nitrogens with zero attached hydrogens (tertiary/aromatic N) is 1. The van der Waals surface area contributed by atoms with E-state index >= 15 is 0 Å². The van der Waals surface area contributed by atoms with Gasteiger partial charge in [0, 0.05) is 17.6 Å². The maximum atomic E-state index is 5.64. The summed E-state index contributed by atoms with van der Waals surface area (Å²) in [4.78, 5) is 4.12. The first kappa shape index (κ1) is 11.5. The van der Waals surface area contributed by atoms with Gasteiger partial charge in [0.1, 0.15) is 0 Å². The Balaban J connectivity index is 0.00000121. The molecule has 0 amide bonds. The average molecular weight is 208 g/mol. The minimum atomic E-state index is 0. The average Bonchev–Trinajstić information content (AvgIpc) is 2.03. The topological polar surface area (TPSA) is 22.1 Å². The van der Waals surface area contributed by atoms with Gasteiger partial charge in [-0.1, -0.05) is 0 Å². The molecule has 68 valence electrons. The summed E-state index contributed by atoms with van der Waals surface area (Å²) in [5.41, 5.74) is 1.97. The summed E-state index contributed by atoms with van der Waals surface area (Å²) in [6.45, 7) is 1.92. The number of hydrogen-bond donors (Lipinski definition) is 0. The van der Waals surface area contributed by atoms with Gasteiger partial charge in [-0.2, -0.15) is 0 Å². The second-order valence-electron chi connectivity index (χ2n) is 2.29. The van der Waals surface area contributed by atoms with Gasteiger partial charge >= 0.3 is 0 Å². The lowest BCUT2D eigenvalue weighted by Crippen LogP contribution is -1.91. The Hall–Kier alpha value is -0.470. The van der Waals surface area contributed by atoms with Crippen molar-refractivity contribution >= 4 is 24.0 Å². The third-order valence-corrected chi connectivity index (χ3v) is 1.66. The van der Waals surface area contributed by atoms with Crippen LogP contribution in [0.4, 0.5) is 0 Å². The lowest BCUT2D eigenvalue weighted by Gasteiger charge is -2.02. The Labute approximate surface area is 83.3 Å². The maximum absolute atomic E-state index is 5.64. The summed E-state index contributed by atoms with van der Waals surface area (Å²) in [7, 11) is 1.60. The van der Waals surface area contributed by atoms with E-state index in [1.165, 1.54) is 0 Å². The van der Waals surface area contributed by atoms with E-state index < -0.39 is 0 Å². The molecule has 1 heterocycles. The molecule has 1 aromatic heterocycles. The van der Waals surface area contributed by atoms with E-state index in [0.717, 1.165) is 11.3 Å². The van der Waals surface area contributed by atoms with Crippen molar-refractivity contribution in [3.05, 3.63) is 23.4 Å². The van der Waals surface area contributed by atoms with Gasteiger partial charge in [-0.3, -0.25) is 0 Å². The van der Waals surface area contributed by atoms with Gasteiger partial charge in [-0.25, -0.2) is 4.98 Å². The van der Waals surface area contributed by atoms with Crippen LogP contribution in [0.15, 0.2) is 12.1 Å². The quantitative estimate of drug-likeness (QED) is 0.696. The standard InChI is InChI=1S/C8H10ClNO.ClH/c1-6-3-7(5-9)4-8(10-6)11-2;/h3-4H,5H2,1-2H3;1H. The SMILES string of the molecule is COc1cc(CCl)cc(C)n1.Cl. The van der Waals surface area contributed by atoms with Crippen molar-refractivity contribution in [2.24, 2.45) is 0 Å². The van der Waals surface area contributed by atoms with Crippen LogP contribution in [0.25, 0.3) is 0 Å². The largest absolute Gasteiger partial charge is 0.481 e. The van der Waals surface area contributed by atoms with Crippen LogP contribution in [-0.2, 0) is 5.88 Å². The molecular formula is C8H11Cl2NO. The van der Waals surface area contributed by atoms with Crippen LogP contribution < -0.4 is 4.74 Å². The molecule has 0 spiro atoms. The summed E-state index contributed by atoms with van der Waals surface area (Å²) < 4.78 is 4.97. The highest BCUT2D eigenvalue weighted by atomic mass is 35.5. The summed E-state index contributed by atoms with van der Waals surface area (Å²) in [5.74, 6) is 1.13. The van der Waals surface area contributed by atoms with Crippen molar-refractivity contribution in [2.45, 2.75) is 12.8 Å². The zero-order valence-corrected chi connectivity index (χ0v) is 8.58. The molecule has 0 aromatic carbocycles. The van der Waals surface area contributed by atoms with E-state index in [0.29, 0.717) is 11.8 Å². The highest BCUT2D eigenvalue weighted by molar-refractivity contribution is 6.17. The number of aromatic nitrogens is 1. The monoisotopic (exact) mass is 207 g/mol. The predicted octanol–water partition coefficient (Wildman–Crippen LogP) is 2.56. The van der Waals surface area contributed by atoms with Crippen molar-refractivity contribution in [3.63, 3.8) is 0 Å². The Kier molecular flexibility index (Phi) is 5.02. The van der Waals surface area contributed by atoms with Gasteiger partial charge in [0.2, 0.25) is 5.88 Å². The van der Waals surface area contributed by atoms with Crippen LogP contribution in [-0.4, -0.2) is 12.1 Å². The van der Waals surface area contributed by atoms with Crippen LogP contribution in [0.2, 0.25) is 0 Å². The minimum Gasteiger partial charge on any atom is -0.481 e. The lowest BCUT2D eigenvalue weighted by atomic mass is 10.2. The number of ether oxygens (including phenoxy) is 1. The molecule has 4 heteroatoms. The molecule has 0 unspecified atom stereocenters. The van der Waals surface area contributed by atoms with E-state index in [9.17, 15) is 0 Å². The summed E-state index contributed by atoms with van der Waals surface area (Å²) in [6, 6.07) is 3.77. The van der Waals surface area contributed by atoms with E-state index in [1.807, 2.05) is 19.1 Å². The van der Waals surface area contributed by atoms with E-state index in [4.69, 9.17) is 16.3 Å². The third-order valence-electron chi connectivity index (χ3n) is 1.35. The van der Waals surface area contributed by atoms with Gasteiger partial charge in [0.15, 0.2) is 0 Å². The molecule has 0 aliphatic carbocycles. The molecule has 0 radical (unpaired) electrons. The fourth-order valence-corrected chi connectivity index (χ4v) is 1.04. The summed E-state index contributed by atoms with van der Waals surface area (Å²) in [5, 5.41) is 0. The third kappa shape index (κ3) is 2.88. The molecule has 0 atom stereocenters. The number of aryl methyl sites for hydroxylation is 1. The summed E-state index contributed by atoms with van der Waals surface area (Å²) >= 11 is 5.64. The Morgan fingerprint density at radius 3 is 2.67 bits per heavy atom. The van der Waals surface area contributed by atoms with Gasteiger partial charge in [0.05, 0.1) is 7.11 Å². The number of alkyl halides is 1. The first-order valence-electron chi connectivity index (χ1n) is 3.34. The van der Waals surface area contributed by atoms with Gasteiger partial charge < -0.3 is 4.74 Å². The maximum Gasteiger partial charge on any atom is 0.213 e. The lowest BCUT2D eigenvalue weighted by molar-refractivity contribution is 0.396. The molecule has 0 aliphatic rings. The smallest absolute Gasteiger partial charge is 0.213 e. The number of hydrogen-bond acceptors (Lipinski definition) is 2. The molecule has 1 rings (SSSR count). The van der Waals surface area contributed by atoms with Gasteiger partial charge in [-0.15, -0.1) is 24.0 Å². The molecule has 0 N–H and O–H groups in total. The van der Waals surface area contributed by atoms with E-state index in [2.05, 4.69) is 4.98 Å². The number of methoxy groups -OCH3 is 1. The van der Waals surface area contributed by atoms with Crippen LogP contribution in [0, 0.1) is 6.92 Å². The Bertz CT molecular complexity index is 231. The van der Waals surface area contributed by atoms with Crippen LogP contribution in [0.1, 0.15) is 11.3 Å². The molecule has 12 heavy (non-hydrogen) atoms. The Morgan fingerprint density at radius 2 is 2.17 bits per heavy atom. The molecule has 0 fully saturated rings. The van der Waals surface area contributed by atoms with Crippen molar-refractivity contribution in [2.75, 3.05) is 7.11 Å². The first-order chi connectivity index (χ1) is 5.26. The molecule has 2 nitrogen and oxygen atoms in total. The second-order valence-corrected chi connectivity index (χ2v) is 2.56. The van der Waals surface area contributed by atoms with Crippen LogP contribution >= 0.6 is 24.0 Å². The van der Waals surface area contributed by atoms with Gasteiger partial charge in [0.25, 0.3) is 0 Å².